The van der Waals surface area contributed by atoms with E-state index >= 15 is 0 Å². The lowest BCUT2D eigenvalue weighted by Gasteiger charge is -2.27. The molecule has 0 spiro atoms. The molecule has 0 aromatic heterocycles. The Hall–Kier alpha value is -3.07. The van der Waals surface area contributed by atoms with Gasteiger partial charge in [0.15, 0.2) is 0 Å². The van der Waals surface area contributed by atoms with Crippen molar-refractivity contribution in [2.45, 2.75) is 25.9 Å². The predicted octanol–water partition coefficient (Wildman–Crippen LogP) is 4.91. The normalized spacial score (nSPS) is 10.5. The van der Waals surface area contributed by atoms with Crippen LogP contribution in [0.5, 0.6) is 0 Å². The predicted molar refractivity (Wildman–Crippen MR) is 105 cm³/mol. The maximum Gasteiger partial charge on any atom is 0.303 e. The number of carboxylic acid groups (broad SMARTS) is 1. The van der Waals surface area contributed by atoms with Crippen molar-refractivity contribution in [2.24, 2.45) is 0 Å². The minimum absolute atomic E-state index is 0.140. The molecule has 0 saturated carbocycles. The van der Waals surface area contributed by atoms with Gasteiger partial charge in [-0.05, 0) is 29.2 Å². The Morgan fingerprint density at radius 2 is 1.23 bits per heavy atom. The Morgan fingerprint density at radius 1 is 0.731 bits per heavy atom. The molecular weight excluding hydrogens is 322 g/mol. The van der Waals surface area contributed by atoms with Gasteiger partial charge in [0.05, 0.1) is 0 Å². The van der Waals surface area contributed by atoms with E-state index in [4.69, 9.17) is 5.11 Å². The van der Waals surface area contributed by atoms with Gasteiger partial charge >= 0.3 is 5.97 Å². The van der Waals surface area contributed by atoms with Crippen molar-refractivity contribution >= 4 is 11.7 Å². The largest absolute Gasteiger partial charge is 0.481 e. The number of para-hydroxylation sites is 1. The molecule has 0 atom stereocenters. The molecule has 3 aromatic rings. The van der Waals surface area contributed by atoms with Gasteiger partial charge in [0, 0.05) is 25.2 Å². The molecule has 0 aliphatic rings. The molecule has 3 nitrogen and oxygen atoms in total. The number of carboxylic acids is 1. The summed E-state index contributed by atoms with van der Waals surface area (Å²) in [5.41, 5.74) is 4.64. The SMILES string of the molecule is O=C(O)CCc1ccccc1N(Cc1ccccc1)Cc1ccccc1. The first-order valence-electron chi connectivity index (χ1n) is 8.85. The highest BCUT2D eigenvalue weighted by Gasteiger charge is 2.13. The second-order valence-corrected chi connectivity index (χ2v) is 6.35. The molecule has 3 aromatic carbocycles. The first-order chi connectivity index (χ1) is 12.7. The number of anilines is 1. The summed E-state index contributed by atoms with van der Waals surface area (Å²) in [7, 11) is 0. The Bertz CT molecular complexity index is 790. The average molecular weight is 345 g/mol. The number of carbonyl (C=O) groups is 1. The third-order valence-corrected chi connectivity index (χ3v) is 4.37. The van der Waals surface area contributed by atoms with Crippen molar-refractivity contribution < 1.29 is 9.90 Å². The zero-order valence-corrected chi connectivity index (χ0v) is 14.7. The van der Waals surface area contributed by atoms with Crippen molar-refractivity contribution in [3.8, 4) is 0 Å². The standard InChI is InChI=1S/C23H23NO2/c25-23(26)16-15-21-13-7-8-14-22(21)24(17-19-9-3-1-4-10-19)18-20-11-5-2-6-12-20/h1-14H,15-18H2,(H,25,26). The molecule has 0 fully saturated rings. The summed E-state index contributed by atoms with van der Waals surface area (Å²) in [5, 5.41) is 9.06. The van der Waals surface area contributed by atoms with E-state index < -0.39 is 5.97 Å². The molecule has 0 heterocycles. The first-order valence-corrected chi connectivity index (χ1v) is 8.85. The lowest BCUT2D eigenvalue weighted by atomic mass is 10.0. The zero-order chi connectivity index (χ0) is 18.2. The second kappa shape index (κ2) is 8.86. The van der Waals surface area contributed by atoms with Gasteiger partial charge in [0.25, 0.3) is 0 Å². The van der Waals surface area contributed by atoms with E-state index in [9.17, 15) is 4.79 Å². The molecule has 0 saturated heterocycles. The number of rotatable bonds is 8. The van der Waals surface area contributed by atoms with Gasteiger partial charge in [0.2, 0.25) is 0 Å². The molecule has 3 rings (SSSR count). The fourth-order valence-corrected chi connectivity index (χ4v) is 3.11. The van der Waals surface area contributed by atoms with Gasteiger partial charge in [0.1, 0.15) is 0 Å². The van der Waals surface area contributed by atoms with Crippen LogP contribution in [0.2, 0.25) is 0 Å². The highest BCUT2D eigenvalue weighted by Crippen LogP contribution is 2.25. The van der Waals surface area contributed by atoms with Crippen LogP contribution in [0, 0.1) is 0 Å². The van der Waals surface area contributed by atoms with Gasteiger partial charge < -0.3 is 10.0 Å². The molecule has 0 bridgehead atoms. The number of benzene rings is 3. The van der Waals surface area contributed by atoms with Crippen molar-refractivity contribution in [1.29, 1.82) is 0 Å². The second-order valence-electron chi connectivity index (χ2n) is 6.35. The minimum Gasteiger partial charge on any atom is -0.481 e. The molecular formula is C23H23NO2. The Labute approximate surface area is 154 Å². The van der Waals surface area contributed by atoms with Gasteiger partial charge in [-0.2, -0.15) is 0 Å². The molecule has 0 amide bonds. The monoisotopic (exact) mass is 345 g/mol. The van der Waals surface area contributed by atoms with Crippen LogP contribution >= 0.6 is 0 Å². The van der Waals surface area contributed by atoms with E-state index in [2.05, 4.69) is 35.2 Å². The third-order valence-electron chi connectivity index (χ3n) is 4.37. The summed E-state index contributed by atoms with van der Waals surface area (Å²) in [6.45, 7) is 1.56. The first kappa shape index (κ1) is 17.7. The minimum atomic E-state index is -0.766. The van der Waals surface area contributed by atoms with Crippen LogP contribution in [0.1, 0.15) is 23.1 Å². The fraction of sp³-hybridized carbons (Fsp3) is 0.174. The molecule has 0 aliphatic carbocycles. The maximum absolute atomic E-state index is 11.0. The quantitative estimate of drug-likeness (QED) is 0.630. The van der Waals surface area contributed by atoms with E-state index in [0.717, 1.165) is 24.3 Å². The summed E-state index contributed by atoms with van der Waals surface area (Å²) in [6, 6.07) is 28.8. The van der Waals surface area contributed by atoms with Gasteiger partial charge in [-0.25, -0.2) is 0 Å². The smallest absolute Gasteiger partial charge is 0.303 e. The van der Waals surface area contributed by atoms with Crippen LogP contribution < -0.4 is 4.90 Å². The van der Waals surface area contributed by atoms with Crippen LogP contribution in [0.15, 0.2) is 84.9 Å². The Balaban J connectivity index is 1.91. The third kappa shape index (κ3) is 4.96. The van der Waals surface area contributed by atoms with Crippen molar-refractivity contribution in [1.82, 2.24) is 0 Å². The molecule has 1 N–H and O–H groups in total. The lowest BCUT2D eigenvalue weighted by Crippen LogP contribution is -2.23. The number of aliphatic carboxylic acids is 1. The Kier molecular flexibility index (Phi) is 6.05. The highest BCUT2D eigenvalue weighted by atomic mass is 16.4. The van der Waals surface area contributed by atoms with Crippen molar-refractivity contribution in [2.75, 3.05) is 4.90 Å². The van der Waals surface area contributed by atoms with E-state index in [0.29, 0.717) is 6.42 Å². The zero-order valence-electron chi connectivity index (χ0n) is 14.7. The molecule has 0 aliphatic heterocycles. The summed E-state index contributed by atoms with van der Waals surface area (Å²) < 4.78 is 0. The van der Waals surface area contributed by atoms with Crippen molar-refractivity contribution in [3.05, 3.63) is 102 Å². The number of hydrogen-bond acceptors (Lipinski definition) is 2. The molecule has 132 valence electrons. The topological polar surface area (TPSA) is 40.5 Å². The Morgan fingerprint density at radius 3 is 1.77 bits per heavy atom. The average Bonchev–Trinajstić information content (AvgIpc) is 2.68. The molecule has 3 heteroatoms. The summed E-state index contributed by atoms with van der Waals surface area (Å²) >= 11 is 0. The summed E-state index contributed by atoms with van der Waals surface area (Å²) in [6.07, 6.45) is 0.674. The van der Waals surface area contributed by atoms with E-state index in [1.54, 1.807) is 0 Å². The number of aryl methyl sites for hydroxylation is 1. The number of nitrogens with zero attached hydrogens (tertiary/aromatic N) is 1. The molecule has 0 unspecified atom stereocenters. The lowest BCUT2D eigenvalue weighted by molar-refractivity contribution is -0.136. The highest BCUT2D eigenvalue weighted by molar-refractivity contribution is 5.68. The van der Waals surface area contributed by atoms with Gasteiger partial charge in [-0.15, -0.1) is 0 Å². The van der Waals surface area contributed by atoms with Crippen LogP contribution in [0.25, 0.3) is 0 Å². The van der Waals surface area contributed by atoms with Gasteiger partial charge in [-0.3, -0.25) is 4.79 Å². The van der Waals surface area contributed by atoms with E-state index in [1.807, 2.05) is 54.6 Å². The number of hydrogen-bond donors (Lipinski definition) is 1. The maximum atomic E-state index is 11.0. The summed E-state index contributed by atoms with van der Waals surface area (Å²) in [4.78, 5) is 13.3. The molecule has 26 heavy (non-hydrogen) atoms. The summed E-state index contributed by atoms with van der Waals surface area (Å²) in [5.74, 6) is -0.766. The van der Waals surface area contributed by atoms with Crippen LogP contribution in [0.4, 0.5) is 5.69 Å². The van der Waals surface area contributed by atoms with Gasteiger partial charge in [-0.1, -0.05) is 78.9 Å². The van der Waals surface area contributed by atoms with Crippen LogP contribution in [-0.4, -0.2) is 11.1 Å². The fourth-order valence-electron chi connectivity index (χ4n) is 3.11. The van der Waals surface area contributed by atoms with Crippen LogP contribution in [0.3, 0.4) is 0 Å². The molecule has 0 radical (unpaired) electrons. The van der Waals surface area contributed by atoms with E-state index in [1.165, 1.54) is 11.1 Å². The van der Waals surface area contributed by atoms with E-state index in [-0.39, 0.29) is 6.42 Å². The van der Waals surface area contributed by atoms with Crippen molar-refractivity contribution in [3.63, 3.8) is 0 Å². The van der Waals surface area contributed by atoms with Crippen LogP contribution in [-0.2, 0) is 24.3 Å².